The van der Waals surface area contributed by atoms with Crippen LogP contribution in [0.5, 0.6) is 0 Å². The molecule has 0 saturated heterocycles. The Hall–Kier alpha value is -1.60. The third-order valence-corrected chi connectivity index (χ3v) is 4.10. The van der Waals surface area contributed by atoms with Gasteiger partial charge in [0.2, 0.25) is 0 Å². The smallest absolute Gasteiger partial charge is 0.0540 e. The molecule has 0 aliphatic heterocycles. The number of hydrogen-bond donors (Lipinski definition) is 1. The Bertz CT molecular complexity index is 620. The first-order valence-corrected chi connectivity index (χ1v) is 6.87. The van der Waals surface area contributed by atoms with Crippen LogP contribution in [0.15, 0.2) is 42.5 Å². The highest BCUT2D eigenvalue weighted by molar-refractivity contribution is 5.79. The van der Waals surface area contributed by atoms with Crippen molar-refractivity contribution in [3.8, 4) is 11.1 Å². The molecule has 0 heterocycles. The Labute approximate surface area is 114 Å². The van der Waals surface area contributed by atoms with Crippen LogP contribution in [0.4, 0.5) is 0 Å². The van der Waals surface area contributed by atoms with Crippen LogP contribution in [0.25, 0.3) is 11.1 Å². The molecule has 0 amide bonds. The minimum absolute atomic E-state index is 0.133. The van der Waals surface area contributed by atoms with Gasteiger partial charge in [-0.15, -0.1) is 0 Å². The van der Waals surface area contributed by atoms with Crippen LogP contribution < -0.4 is 0 Å². The molecule has 0 aromatic heterocycles. The predicted octanol–water partition coefficient (Wildman–Crippen LogP) is 4.09. The maximum Gasteiger partial charge on any atom is 0.0540 e. The molecule has 1 unspecified atom stereocenters. The minimum Gasteiger partial charge on any atom is -0.395 e. The second kappa shape index (κ2) is 4.21. The fraction of sp³-hybridized carbons (Fsp3) is 0.333. The minimum atomic E-state index is 0.133. The van der Waals surface area contributed by atoms with E-state index in [0.717, 1.165) is 0 Å². The summed E-state index contributed by atoms with van der Waals surface area (Å²) < 4.78 is 0. The summed E-state index contributed by atoms with van der Waals surface area (Å²) >= 11 is 0. The van der Waals surface area contributed by atoms with Crippen molar-refractivity contribution in [1.29, 1.82) is 0 Å². The topological polar surface area (TPSA) is 20.2 Å². The van der Waals surface area contributed by atoms with Gasteiger partial charge in [-0.1, -0.05) is 63.2 Å². The lowest BCUT2D eigenvalue weighted by Gasteiger charge is -2.21. The number of benzene rings is 2. The highest BCUT2D eigenvalue weighted by Gasteiger charge is 2.29. The van der Waals surface area contributed by atoms with E-state index in [9.17, 15) is 5.11 Å². The van der Waals surface area contributed by atoms with E-state index >= 15 is 0 Å². The van der Waals surface area contributed by atoms with E-state index in [4.69, 9.17) is 0 Å². The first-order valence-electron chi connectivity index (χ1n) is 6.87. The van der Waals surface area contributed by atoms with Crippen molar-refractivity contribution in [2.24, 2.45) is 0 Å². The maximum atomic E-state index is 9.75. The summed E-state index contributed by atoms with van der Waals surface area (Å²) in [7, 11) is 0. The van der Waals surface area contributed by atoms with Crippen LogP contribution >= 0.6 is 0 Å². The highest BCUT2D eigenvalue weighted by Crippen LogP contribution is 2.45. The maximum absolute atomic E-state index is 9.75. The van der Waals surface area contributed by atoms with E-state index in [1.165, 1.54) is 27.8 Å². The van der Waals surface area contributed by atoms with Gasteiger partial charge in [-0.3, -0.25) is 0 Å². The molecule has 1 N–H and O–H groups in total. The summed E-state index contributed by atoms with van der Waals surface area (Å²) in [6, 6.07) is 15.1. The zero-order valence-electron chi connectivity index (χ0n) is 11.8. The normalized spacial score (nSPS) is 17.2. The number of aliphatic hydroxyl groups excluding tert-OH is 1. The van der Waals surface area contributed by atoms with Crippen molar-refractivity contribution in [3.05, 3.63) is 59.2 Å². The molecule has 1 heteroatoms. The molecule has 0 fully saturated rings. The zero-order chi connectivity index (χ0) is 13.6. The average molecular weight is 252 g/mol. The first-order chi connectivity index (χ1) is 9.02. The Kier molecular flexibility index (Phi) is 2.75. The van der Waals surface area contributed by atoms with Crippen LogP contribution in [0.2, 0.25) is 0 Å². The summed E-state index contributed by atoms with van der Waals surface area (Å²) in [5.74, 6) is 0.133. The highest BCUT2D eigenvalue weighted by atomic mass is 16.3. The Morgan fingerprint density at radius 1 is 0.947 bits per heavy atom. The van der Waals surface area contributed by atoms with Gasteiger partial charge in [0, 0.05) is 5.92 Å². The largest absolute Gasteiger partial charge is 0.395 e. The van der Waals surface area contributed by atoms with Gasteiger partial charge in [0.1, 0.15) is 0 Å². The van der Waals surface area contributed by atoms with E-state index < -0.39 is 0 Å². The van der Waals surface area contributed by atoms with E-state index in [1.54, 1.807) is 0 Å². The number of fused-ring (bicyclic) bond motifs is 3. The molecule has 1 atom stereocenters. The molecule has 0 radical (unpaired) electrons. The first kappa shape index (κ1) is 12.4. The lowest BCUT2D eigenvalue weighted by molar-refractivity contribution is 0.282. The van der Waals surface area contributed by atoms with Gasteiger partial charge < -0.3 is 5.11 Å². The van der Waals surface area contributed by atoms with Crippen LogP contribution in [0.3, 0.4) is 0 Å². The van der Waals surface area contributed by atoms with Gasteiger partial charge in [0.05, 0.1) is 6.61 Å². The molecule has 1 aliphatic rings. The molecule has 0 saturated carbocycles. The SMILES string of the molecule is CC(C)(C)c1ccc2c(c1)C(CO)c1ccccc1-2. The molecular weight excluding hydrogens is 232 g/mol. The molecule has 98 valence electrons. The second-order valence-corrected chi connectivity index (χ2v) is 6.37. The van der Waals surface area contributed by atoms with Gasteiger partial charge >= 0.3 is 0 Å². The Balaban J connectivity index is 2.20. The molecule has 2 aromatic carbocycles. The summed E-state index contributed by atoms with van der Waals surface area (Å²) in [5.41, 5.74) is 6.56. The van der Waals surface area contributed by atoms with Crippen molar-refractivity contribution in [3.63, 3.8) is 0 Å². The van der Waals surface area contributed by atoms with Crippen LogP contribution in [-0.2, 0) is 5.41 Å². The number of hydrogen-bond acceptors (Lipinski definition) is 1. The van der Waals surface area contributed by atoms with Gasteiger partial charge in [-0.2, -0.15) is 0 Å². The molecule has 0 spiro atoms. The zero-order valence-corrected chi connectivity index (χ0v) is 11.8. The third-order valence-electron chi connectivity index (χ3n) is 4.10. The lowest BCUT2D eigenvalue weighted by atomic mass is 9.84. The van der Waals surface area contributed by atoms with Crippen LogP contribution in [0, 0.1) is 0 Å². The molecular formula is C18H20O. The van der Waals surface area contributed by atoms with Crippen LogP contribution in [-0.4, -0.2) is 11.7 Å². The van der Waals surface area contributed by atoms with Gasteiger partial charge in [0.15, 0.2) is 0 Å². The predicted molar refractivity (Wildman–Crippen MR) is 79.5 cm³/mol. The second-order valence-electron chi connectivity index (χ2n) is 6.37. The van der Waals surface area contributed by atoms with Crippen molar-refractivity contribution < 1.29 is 5.11 Å². The summed E-state index contributed by atoms with van der Waals surface area (Å²) in [6.07, 6.45) is 0. The van der Waals surface area contributed by atoms with E-state index in [1.807, 2.05) is 0 Å². The van der Waals surface area contributed by atoms with E-state index in [2.05, 4.69) is 63.2 Å². The summed E-state index contributed by atoms with van der Waals surface area (Å²) in [4.78, 5) is 0. The van der Waals surface area contributed by atoms with E-state index in [0.29, 0.717) is 0 Å². The fourth-order valence-corrected chi connectivity index (χ4v) is 2.97. The quantitative estimate of drug-likeness (QED) is 0.810. The fourth-order valence-electron chi connectivity index (χ4n) is 2.97. The molecule has 3 rings (SSSR count). The molecule has 0 bridgehead atoms. The van der Waals surface area contributed by atoms with Gasteiger partial charge in [0.25, 0.3) is 0 Å². The number of rotatable bonds is 1. The molecule has 19 heavy (non-hydrogen) atoms. The van der Waals surface area contributed by atoms with Crippen molar-refractivity contribution in [2.75, 3.05) is 6.61 Å². The molecule has 1 nitrogen and oxygen atoms in total. The standard InChI is InChI=1S/C18H20O/c1-18(2,3)12-8-9-15-13-6-4-5-7-14(13)17(11-19)16(15)10-12/h4-10,17,19H,11H2,1-3H3. The Morgan fingerprint density at radius 2 is 1.63 bits per heavy atom. The Morgan fingerprint density at radius 3 is 2.32 bits per heavy atom. The average Bonchev–Trinajstić information content (AvgIpc) is 2.70. The van der Waals surface area contributed by atoms with Crippen molar-refractivity contribution in [1.82, 2.24) is 0 Å². The third kappa shape index (κ3) is 1.89. The van der Waals surface area contributed by atoms with Crippen LogP contribution in [0.1, 0.15) is 43.4 Å². The lowest BCUT2D eigenvalue weighted by Crippen LogP contribution is -2.12. The number of aliphatic hydroxyl groups is 1. The van der Waals surface area contributed by atoms with Gasteiger partial charge in [-0.25, -0.2) is 0 Å². The van der Waals surface area contributed by atoms with Crippen molar-refractivity contribution in [2.45, 2.75) is 32.1 Å². The van der Waals surface area contributed by atoms with Crippen molar-refractivity contribution >= 4 is 0 Å². The van der Waals surface area contributed by atoms with Gasteiger partial charge in [-0.05, 0) is 33.2 Å². The molecule has 2 aromatic rings. The monoisotopic (exact) mass is 252 g/mol. The molecule has 1 aliphatic carbocycles. The summed E-state index contributed by atoms with van der Waals surface area (Å²) in [6.45, 7) is 6.86. The van der Waals surface area contributed by atoms with E-state index in [-0.39, 0.29) is 17.9 Å². The summed E-state index contributed by atoms with van der Waals surface area (Å²) in [5, 5.41) is 9.75.